The predicted octanol–water partition coefficient (Wildman–Crippen LogP) is 5.21. The molecular formula is C29H22ClN3O5S2. The molecule has 1 fully saturated rings. The highest BCUT2D eigenvalue weighted by molar-refractivity contribution is 8.00. The number of imide groups is 1. The minimum atomic E-state index is -0.730. The second-order valence-electron chi connectivity index (χ2n) is 9.52. The van der Waals surface area contributed by atoms with Crippen LogP contribution in [-0.4, -0.2) is 34.6 Å². The Kier molecular flexibility index (Phi) is 6.99. The van der Waals surface area contributed by atoms with Gasteiger partial charge in [0.05, 0.1) is 16.6 Å². The van der Waals surface area contributed by atoms with E-state index in [1.165, 1.54) is 16.7 Å². The molecule has 2 aliphatic rings. The molecule has 0 spiro atoms. The molecule has 1 saturated heterocycles. The number of H-pyrrole nitrogens is 1. The Bertz CT molecular complexity index is 1700. The third-order valence-electron chi connectivity index (χ3n) is 6.80. The number of carbonyl (C=O) groups excluding carboxylic acids is 3. The predicted molar refractivity (Wildman–Crippen MR) is 156 cm³/mol. The van der Waals surface area contributed by atoms with Crippen molar-refractivity contribution in [1.82, 2.24) is 4.98 Å². The number of aromatic nitrogens is 1. The minimum Gasteiger partial charge on any atom is -0.484 e. The molecule has 3 heterocycles. The number of aryl methyl sites for hydroxylation is 1. The zero-order valence-electron chi connectivity index (χ0n) is 21.1. The summed E-state index contributed by atoms with van der Waals surface area (Å²) in [7, 11) is 0. The lowest BCUT2D eigenvalue weighted by Crippen LogP contribution is -2.32. The first-order chi connectivity index (χ1) is 19.3. The summed E-state index contributed by atoms with van der Waals surface area (Å²) in [6.45, 7) is 1.73. The molecule has 11 heteroatoms. The number of halogens is 1. The van der Waals surface area contributed by atoms with E-state index in [0.29, 0.717) is 37.6 Å². The van der Waals surface area contributed by atoms with Crippen molar-refractivity contribution < 1.29 is 19.1 Å². The van der Waals surface area contributed by atoms with Crippen molar-refractivity contribution >= 4 is 63.8 Å². The standard InChI is InChI=1S/C29H22ClN3O5S2/c1-15-4-2-6-18(12-15)31-21(34)14-38-20-7-3-5-16(13-20)22-23-25(39-26-24(22)40-29(37)32-26)28(36)33(27(23)35)19-10-8-17(30)9-11-19/h2-13,22-23,25H,14H2,1H3,(H,31,34)(H,32,37)/t22-,23?,25?/m1/s1. The molecule has 3 aromatic carbocycles. The van der Waals surface area contributed by atoms with Crippen LogP contribution in [0.25, 0.3) is 0 Å². The molecular weight excluding hydrogens is 570 g/mol. The Morgan fingerprint density at radius 3 is 2.58 bits per heavy atom. The van der Waals surface area contributed by atoms with E-state index in [-0.39, 0.29) is 29.2 Å². The Balaban J connectivity index is 1.29. The average molecular weight is 592 g/mol. The van der Waals surface area contributed by atoms with Gasteiger partial charge in [0.1, 0.15) is 11.0 Å². The smallest absolute Gasteiger partial charge is 0.305 e. The summed E-state index contributed by atoms with van der Waals surface area (Å²) in [5.41, 5.74) is 2.86. The zero-order valence-corrected chi connectivity index (χ0v) is 23.4. The third-order valence-corrected chi connectivity index (χ3v) is 9.45. The van der Waals surface area contributed by atoms with Crippen molar-refractivity contribution in [2.75, 3.05) is 16.8 Å². The van der Waals surface area contributed by atoms with Crippen molar-refractivity contribution in [3.8, 4) is 5.75 Å². The number of benzene rings is 3. The van der Waals surface area contributed by atoms with E-state index in [1.54, 1.807) is 48.5 Å². The number of thiazole rings is 1. The molecule has 0 saturated carbocycles. The molecule has 0 aliphatic carbocycles. The second-order valence-corrected chi connectivity index (χ2v) is 12.1. The van der Waals surface area contributed by atoms with Crippen LogP contribution in [0.4, 0.5) is 11.4 Å². The molecule has 2 aliphatic heterocycles. The van der Waals surface area contributed by atoms with E-state index in [0.717, 1.165) is 16.9 Å². The third kappa shape index (κ3) is 4.94. The van der Waals surface area contributed by atoms with Crippen molar-refractivity contribution in [3.05, 3.63) is 103 Å². The van der Waals surface area contributed by atoms with Gasteiger partial charge >= 0.3 is 4.87 Å². The summed E-state index contributed by atoms with van der Waals surface area (Å²) in [4.78, 5) is 56.7. The van der Waals surface area contributed by atoms with Crippen LogP contribution in [0.5, 0.6) is 5.75 Å². The quantitative estimate of drug-likeness (QED) is 0.298. The molecule has 3 amide bonds. The number of anilines is 2. The summed E-state index contributed by atoms with van der Waals surface area (Å²) in [5, 5.41) is 3.18. The van der Waals surface area contributed by atoms with Crippen molar-refractivity contribution in [2.24, 2.45) is 5.92 Å². The second kappa shape index (κ2) is 10.6. The summed E-state index contributed by atoms with van der Waals surface area (Å²) < 4.78 is 5.80. The van der Waals surface area contributed by atoms with Gasteiger partial charge in [0, 0.05) is 21.5 Å². The van der Waals surface area contributed by atoms with Crippen LogP contribution in [0.2, 0.25) is 5.02 Å². The van der Waals surface area contributed by atoms with Gasteiger partial charge in [-0.25, -0.2) is 4.90 Å². The van der Waals surface area contributed by atoms with Gasteiger partial charge < -0.3 is 15.0 Å². The van der Waals surface area contributed by atoms with E-state index in [4.69, 9.17) is 16.3 Å². The van der Waals surface area contributed by atoms with E-state index >= 15 is 0 Å². The van der Waals surface area contributed by atoms with E-state index in [1.807, 2.05) is 31.2 Å². The van der Waals surface area contributed by atoms with Gasteiger partial charge in [-0.2, -0.15) is 0 Å². The summed E-state index contributed by atoms with van der Waals surface area (Å²) >= 11 is 8.27. The number of hydrogen-bond acceptors (Lipinski definition) is 7. The topological polar surface area (TPSA) is 109 Å². The first kappa shape index (κ1) is 26.4. The lowest BCUT2D eigenvalue weighted by molar-refractivity contribution is -0.122. The lowest BCUT2D eigenvalue weighted by atomic mass is 9.83. The van der Waals surface area contributed by atoms with Crippen LogP contribution in [0, 0.1) is 12.8 Å². The van der Waals surface area contributed by atoms with E-state index < -0.39 is 17.1 Å². The Labute approximate surface area is 242 Å². The largest absolute Gasteiger partial charge is 0.484 e. The number of aromatic amines is 1. The average Bonchev–Trinajstić information content (AvgIpc) is 3.42. The number of thioether (sulfide) groups is 1. The fraction of sp³-hybridized carbons (Fsp3) is 0.172. The molecule has 40 heavy (non-hydrogen) atoms. The normalized spacial score (nSPS) is 19.8. The Morgan fingerprint density at radius 1 is 1.02 bits per heavy atom. The highest BCUT2D eigenvalue weighted by Gasteiger charge is 2.56. The zero-order chi connectivity index (χ0) is 28.0. The monoisotopic (exact) mass is 591 g/mol. The number of rotatable bonds is 6. The number of hydrogen-bond donors (Lipinski definition) is 2. The first-order valence-corrected chi connectivity index (χ1v) is 14.5. The highest BCUT2D eigenvalue weighted by Crippen LogP contribution is 2.53. The molecule has 4 aromatic rings. The Hall–Kier alpha value is -3.86. The molecule has 8 nitrogen and oxygen atoms in total. The number of amides is 3. The van der Waals surface area contributed by atoms with Gasteiger partial charge in [0.2, 0.25) is 11.8 Å². The lowest BCUT2D eigenvalue weighted by Gasteiger charge is -2.30. The molecule has 3 atom stereocenters. The van der Waals surface area contributed by atoms with Crippen LogP contribution >= 0.6 is 34.7 Å². The van der Waals surface area contributed by atoms with E-state index in [2.05, 4.69) is 10.3 Å². The highest BCUT2D eigenvalue weighted by atomic mass is 35.5. The number of carbonyl (C=O) groups is 3. The Morgan fingerprint density at radius 2 is 1.80 bits per heavy atom. The maximum Gasteiger partial charge on any atom is 0.305 e. The fourth-order valence-corrected chi connectivity index (χ4v) is 7.73. The maximum absolute atomic E-state index is 13.8. The van der Waals surface area contributed by atoms with E-state index in [9.17, 15) is 19.2 Å². The number of ether oxygens (including phenoxy) is 1. The summed E-state index contributed by atoms with van der Waals surface area (Å²) in [5.74, 6) is -1.85. The number of nitrogens with one attached hydrogen (secondary N) is 2. The van der Waals surface area contributed by atoms with Crippen molar-refractivity contribution in [3.63, 3.8) is 0 Å². The first-order valence-electron chi connectivity index (χ1n) is 12.4. The summed E-state index contributed by atoms with van der Waals surface area (Å²) in [6.07, 6.45) is 0. The van der Waals surface area contributed by atoms with Crippen LogP contribution in [-0.2, 0) is 14.4 Å². The maximum atomic E-state index is 13.8. The van der Waals surface area contributed by atoms with Crippen molar-refractivity contribution in [1.29, 1.82) is 0 Å². The number of nitrogens with zero attached hydrogens (tertiary/aromatic N) is 1. The van der Waals surface area contributed by atoms with Gasteiger partial charge in [-0.15, -0.1) is 0 Å². The minimum absolute atomic E-state index is 0.214. The SMILES string of the molecule is Cc1cccc(NC(=O)COc2cccc([C@H]3c4sc(=O)[nH]c4SC4C(=O)N(c5ccc(Cl)cc5)C(=O)C43)c2)c1. The molecule has 202 valence electrons. The molecule has 2 unspecified atom stereocenters. The molecule has 1 aromatic heterocycles. The van der Waals surface area contributed by atoms with Gasteiger partial charge in [-0.1, -0.05) is 59.0 Å². The number of fused-ring (bicyclic) bond motifs is 2. The van der Waals surface area contributed by atoms with Crippen molar-refractivity contribution in [2.45, 2.75) is 23.1 Å². The fourth-order valence-electron chi connectivity index (χ4n) is 5.09. The van der Waals surface area contributed by atoms with Gasteiger partial charge in [-0.3, -0.25) is 19.2 Å². The molecule has 6 rings (SSSR count). The van der Waals surface area contributed by atoms with Crippen LogP contribution < -0.4 is 19.8 Å². The van der Waals surface area contributed by atoms with Crippen LogP contribution in [0.1, 0.15) is 21.9 Å². The van der Waals surface area contributed by atoms with Gasteiger partial charge in [0.15, 0.2) is 6.61 Å². The summed E-state index contributed by atoms with van der Waals surface area (Å²) in [6, 6.07) is 21.1. The van der Waals surface area contributed by atoms with Gasteiger partial charge in [-0.05, 0) is 66.6 Å². The van der Waals surface area contributed by atoms with Gasteiger partial charge in [0.25, 0.3) is 5.91 Å². The van der Waals surface area contributed by atoms with Crippen LogP contribution in [0.3, 0.4) is 0 Å². The molecule has 0 radical (unpaired) electrons. The molecule has 0 bridgehead atoms. The molecule has 2 N–H and O–H groups in total. The van der Waals surface area contributed by atoms with Crippen LogP contribution in [0.15, 0.2) is 82.6 Å².